The van der Waals surface area contributed by atoms with Crippen molar-refractivity contribution in [3.05, 3.63) is 59.2 Å². The van der Waals surface area contributed by atoms with Crippen molar-refractivity contribution in [1.29, 1.82) is 0 Å². The number of hydrogen-bond donors (Lipinski definition) is 0. The van der Waals surface area contributed by atoms with Gasteiger partial charge in [-0.3, -0.25) is 4.98 Å². The highest BCUT2D eigenvalue weighted by Gasteiger charge is 2.02. The molecular formula is C15H13ClFN. The second-order valence-electron chi connectivity index (χ2n) is 4.06. The van der Waals surface area contributed by atoms with E-state index in [4.69, 9.17) is 11.6 Å². The molecule has 0 N–H and O–H groups in total. The standard InChI is InChI=1S/C15H13ClFN/c1-3-14(17)6-10(2)15-8-11-4-5-13(16)7-12(11)9-18-15/h3-9H,1-2H3. The Morgan fingerprint density at radius 3 is 2.78 bits per heavy atom. The summed E-state index contributed by atoms with van der Waals surface area (Å²) in [5.41, 5.74) is 1.56. The second kappa shape index (κ2) is 5.32. The highest BCUT2D eigenvalue weighted by Crippen LogP contribution is 2.22. The minimum atomic E-state index is -0.259. The van der Waals surface area contributed by atoms with E-state index in [1.807, 2.05) is 31.2 Å². The fraction of sp³-hybridized carbons (Fsp3) is 0.133. The van der Waals surface area contributed by atoms with E-state index in [1.165, 1.54) is 12.2 Å². The maximum absolute atomic E-state index is 13.2. The van der Waals surface area contributed by atoms with Gasteiger partial charge in [0, 0.05) is 16.6 Å². The largest absolute Gasteiger partial charge is 0.256 e. The second-order valence-corrected chi connectivity index (χ2v) is 4.50. The number of nitrogens with zero attached hydrogens (tertiary/aromatic N) is 1. The van der Waals surface area contributed by atoms with E-state index in [2.05, 4.69) is 4.98 Å². The summed E-state index contributed by atoms with van der Waals surface area (Å²) in [6, 6.07) is 7.56. The lowest BCUT2D eigenvalue weighted by atomic mass is 10.1. The minimum Gasteiger partial charge on any atom is -0.256 e. The smallest absolute Gasteiger partial charge is 0.119 e. The average Bonchev–Trinajstić information content (AvgIpc) is 2.37. The number of halogens is 2. The van der Waals surface area contributed by atoms with Gasteiger partial charge in [0.25, 0.3) is 0 Å². The number of pyridine rings is 1. The van der Waals surface area contributed by atoms with Crippen LogP contribution in [0.2, 0.25) is 5.02 Å². The van der Waals surface area contributed by atoms with E-state index in [1.54, 1.807) is 13.1 Å². The molecule has 18 heavy (non-hydrogen) atoms. The lowest BCUT2D eigenvalue weighted by Gasteiger charge is -2.03. The van der Waals surface area contributed by atoms with Crippen LogP contribution in [0.15, 0.2) is 48.4 Å². The molecule has 0 aliphatic heterocycles. The molecule has 1 aromatic heterocycles. The van der Waals surface area contributed by atoms with Crippen LogP contribution in [0.1, 0.15) is 19.5 Å². The van der Waals surface area contributed by atoms with E-state index in [9.17, 15) is 4.39 Å². The Balaban J connectivity index is 2.47. The monoisotopic (exact) mass is 261 g/mol. The Bertz CT molecular complexity index is 644. The molecule has 0 atom stereocenters. The van der Waals surface area contributed by atoms with Crippen molar-refractivity contribution < 1.29 is 4.39 Å². The predicted octanol–water partition coefficient (Wildman–Crippen LogP) is 5.16. The lowest BCUT2D eigenvalue weighted by Crippen LogP contribution is -1.87. The molecule has 2 aromatic rings. The molecule has 3 heteroatoms. The van der Waals surface area contributed by atoms with Crippen LogP contribution in [-0.4, -0.2) is 4.98 Å². The summed E-state index contributed by atoms with van der Waals surface area (Å²) in [5.74, 6) is -0.259. The summed E-state index contributed by atoms with van der Waals surface area (Å²) >= 11 is 5.91. The van der Waals surface area contributed by atoms with E-state index in [0.29, 0.717) is 5.02 Å². The van der Waals surface area contributed by atoms with Crippen molar-refractivity contribution >= 4 is 27.9 Å². The first kappa shape index (κ1) is 12.8. The average molecular weight is 262 g/mol. The topological polar surface area (TPSA) is 12.9 Å². The molecule has 1 heterocycles. The lowest BCUT2D eigenvalue weighted by molar-refractivity contribution is 0.665. The molecule has 0 radical (unpaired) electrons. The summed E-state index contributed by atoms with van der Waals surface area (Å²) in [5, 5.41) is 2.70. The van der Waals surface area contributed by atoms with Gasteiger partial charge < -0.3 is 0 Å². The van der Waals surface area contributed by atoms with Gasteiger partial charge in [-0.15, -0.1) is 0 Å². The summed E-state index contributed by atoms with van der Waals surface area (Å²) < 4.78 is 13.2. The fourth-order valence-electron chi connectivity index (χ4n) is 1.69. The molecule has 0 aliphatic rings. The Labute approximate surface area is 111 Å². The quantitative estimate of drug-likeness (QED) is 0.680. The predicted molar refractivity (Wildman–Crippen MR) is 75.3 cm³/mol. The molecule has 0 saturated heterocycles. The highest BCUT2D eigenvalue weighted by atomic mass is 35.5. The summed E-state index contributed by atoms with van der Waals surface area (Å²) in [7, 11) is 0. The number of aromatic nitrogens is 1. The molecule has 1 nitrogen and oxygen atoms in total. The van der Waals surface area contributed by atoms with Crippen molar-refractivity contribution in [2.24, 2.45) is 0 Å². The number of allylic oxidation sites excluding steroid dienone is 4. The van der Waals surface area contributed by atoms with Gasteiger partial charge in [-0.05, 0) is 49.1 Å². The zero-order chi connectivity index (χ0) is 13.1. The normalized spacial score (nSPS) is 13.1. The Hall–Kier alpha value is -1.67. The fourth-order valence-corrected chi connectivity index (χ4v) is 1.87. The first-order valence-electron chi connectivity index (χ1n) is 5.66. The SMILES string of the molecule is CC=C(F)C=C(C)c1cc2ccc(Cl)cc2cn1. The van der Waals surface area contributed by atoms with Crippen molar-refractivity contribution in [1.82, 2.24) is 4.98 Å². The number of hydrogen-bond acceptors (Lipinski definition) is 1. The van der Waals surface area contributed by atoms with Crippen LogP contribution in [0.3, 0.4) is 0 Å². The van der Waals surface area contributed by atoms with Crippen molar-refractivity contribution in [2.45, 2.75) is 13.8 Å². The van der Waals surface area contributed by atoms with E-state index < -0.39 is 0 Å². The van der Waals surface area contributed by atoms with E-state index >= 15 is 0 Å². The van der Waals surface area contributed by atoms with E-state index in [-0.39, 0.29) is 5.83 Å². The molecular weight excluding hydrogens is 249 g/mol. The van der Waals surface area contributed by atoms with Crippen molar-refractivity contribution in [3.8, 4) is 0 Å². The van der Waals surface area contributed by atoms with Crippen LogP contribution in [0, 0.1) is 0 Å². The van der Waals surface area contributed by atoms with Gasteiger partial charge >= 0.3 is 0 Å². The van der Waals surface area contributed by atoms with Crippen LogP contribution in [0.4, 0.5) is 4.39 Å². The summed E-state index contributed by atoms with van der Waals surface area (Å²) in [6.45, 7) is 3.50. The third-order valence-electron chi connectivity index (χ3n) is 2.72. The molecule has 0 spiro atoms. The summed E-state index contributed by atoms with van der Waals surface area (Å²) in [4.78, 5) is 4.31. The zero-order valence-electron chi connectivity index (χ0n) is 10.2. The number of fused-ring (bicyclic) bond motifs is 1. The molecule has 0 amide bonds. The molecule has 0 saturated carbocycles. The maximum atomic E-state index is 13.2. The number of rotatable bonds is 2. The molecule has 92 valence electrons. The maximum Gasteiger partial charge on any atom is 0.119 e. The van der Waals surface area contributed by atoms with Gasteiger partial charge in [0.15, 0.2) is 0 Å². The van der Waals surface area contributed by atoms with Crippen LogP contribution in [0.25, 0.3) is 16.3 Å². The van der Waals surface area contributed by atoms with E-state index in [0.717, 1.165) is 22.0 Å². The molecule has 1 aromatic carbocycles. The van der Waals surface area contributed by atoms with Gasteiger partial charge in [0.2, 0.25) is 0 Å². The van der Waals surface area contributed by atoms with Crippen LogP contribution < -0.4 is 0 Å². The molecule has 0 unspecified atom stereocenters. The third kappa shape index (κ3) is 2.77. The summed E-state index contributed by atoms with van der Waals surface area (Å²) in [6.07, 6.45) is 4.65. The molecule has 2 rings (SSSR count). The first-order valence-corrected chi connectivity index (χ1v) is 6.04. The third-order valence-corrected chi connectivity index (χ3v) is 2.95. The van der Waals surface area contributed by atoms with Gasteiger partial charge in [0.05, 0.1) is 5.69 Å². The molecule has 0 aliphatic carbocycles. The van der Waals surface area contributed by atoms with Gasteiger partial charge in [0.1, 0.15) is 5.83 Å². The number of benzene rings is 1. The first-order chi connectivity index (χ1) is 8.60. The minimum absolute atomic E-state index is 0.259. The van der Waals surface area contributed by atoms with Crippen molar-refractivity contribution in [2.75, 3.05) is 0 Å². The Morgan fingerprint density at radius 2 is 2.06 bits per heavy atom. The van der Waals surface area contributed by atoms with Gasteiger partial charge in [-0.25, -0.2) is 4.39 Å². The molecule has 0 bridgehead atoms. The van der Waals surface area contributed by atoms with Gasteiger partial charge in [-0.1, -0.05) is 23.7 Å². The highest BCUT2D eigenvalue weighted by molar-refractivity contribution is 6.31. The van der Waals surface area contributed by atoms with Crippen LogP contribution >= 0.6 is 11.6 Å². The van der Waals surface area contributed by atoms with Crippen LogP contribution in [0.5, 0.6) is 0 Å². The van der Waals surface area contributed by atoms with Crippen LogP contribution in [-0.2, 0) is 0 Å². The molecule has 0 fully saturated rings. The zero-order valence-corrected chi connectivity index (χ0v) is 11.0. The van der Waals surface area contributed by atoms with Crippen molar-refractivity contribution in [3.63, 3.8) is 0 Å². The Morgan fingerprint density at radius 1 is 1.28 bits per heavy atom. The van der Waals surface area contributed by atoms with Gasteiger partial charge in [-0.2, -0.15) is 0 Å². The Kier molecular flexibility index (Phi) is 3.78.